The highest BCUT2D eigenvalue weighted by molar-refractivity contribution is 5.90. The lowest BCUT2D eigenvalue weighted by Crippen LogP contribution is -2.07. The summed E-state index contributed by atoms with van der Waals surface area (Å²) in [6.45, 7) is 7.67. The molecule has 0 aliphatic carbocycles. The van der Waals surface area contributed by atoms with Gasteiger partial charge < -0.3 is 14.2 Å². The van der Waals surface area contributed by atoms with Crippen LogP contribution >= 0.6 is 0 Å². The van der Waals surface area contributed by atoms with Crippen molar-refractivity contribution in [2.75, 3.05) is 19.8 Å². The molecule has 0 saturated heterocycles. The first kappa shape index (κ1) is 32.1. The van der Waals surface area contributed by atoms with E-state index in [1.165, 1.54) is 38.5 Å². The van der Waals surface area contributed by atoms with Crippen LogP contribution in [0.25, 0.3) is 11.1 Å². The second-order valence-corrected chi connectivity index (χ2v) is 10.2. The van der Waals surface area contributed by atoms with Gasteiger partial charge >= 0.3 is 11.9 Å². The lowest BCUT2D eigenvalue weighted by atomic mass is 10.0. The SMILES string of the molecule is CC=C(C)CC(=O)OCCCCCCOC(=O)c1ccc(-c2ccc(OCCCCCCCCC)cc2)cc1. The fourth-order valence-electron chi connectivity index (χ4n) is 4.16. The number of esters is 2. The van der Waals surface area contributed by atoms with Gasteiger partial charge in [0.2, 0.25) is 0 Å². The maximum absolute atomic E-state index is 12.4. The number of allylic oxidation sites excluding steroid dienone is 1. The summed E-state index contributed by atoms with van der Waals surface area (Å²) in [6, 6.07) is 15.6. The van der Waals surface area contributed by atoms with E-state index in [0.29, 0.717) is 25.2 Å². The molecule has 0 aliphatic rings. The Morgan fingerprint density at radius 1 is 0.667 bits per heavy atom. The summed E-state index contributed by atoms with van der Waals surface area (Å²) in [5.41, 5.74) is 3.70. The van der Waals surface area contributed by atoms with Gasteiger partial charge in [0.15, 0.2) is 0 Å². The van der Waals surface area contributed by atoms with Gasteiger partial charge in [-0.1, -0.05) is 81.4 Å². The summed E-state index contributed by atoms with van der Waals surface area (Å²) in [4.78, 5) is 24.0. The highest BCUT2D eigenvalue weighted by Gasteiger charge is 2.08. The molecule has 0 N–H and O–H groups in total. The second kappa shape index (κ2) is 19.9. The molecule has 0 fully saturated rings. The van der Waals surface area contributed by atoms with E-state index in [1.54, 1.807) is 0 Å². The molecular weight excluding hydrogens is 488 g/mol. The normalized spacial score (nSPS) is 11.3. The van der Waals surface area contributed by atoms with Crippen LogP contribution in [0.2, 0.25) is 0 Å². The molecule has 2 rings (SSSR count). The van der Waals surface area contributed by atoms with Crippen LogP contribution in [0.1, 0.15) is 108 Å². The molecule has 0 spiro atoms. The summed E-state index contributed by atoms with van der Waals surface area (Å²) < 4.78 is 16.5. The van der Waals surface area contributed by atoms with Crippen LogP contribution in [0.5, 0.6) is 5.75 Å². The molecule has 0 radical (unpaired) electrons. The van der Waals surface area contributed by atoms with E-state index in [4.69, 9.17) is 14.2 Å². The minimum absolute atomic E-state index is 0.175. The largest absolute Gasteiger partial charge is 0.494 e. The van der Waals surface area contributed by atoms with Crippen LogP contribution in [0.15, 0.2) is 60.2 Å². The molecule has 39 heavy (non-hydrogen) atoms. The van der Waals surface area contributed by atoms with Gasteiger partial charge in [-0.2, -0.15) is 0 Å². The van der Waals surface area contributed by atoms with Gasteiger partial charge in [-0.05, 0) is 81.3 Å². The van der Waals surface area contributed by atoms with Crippen molar-refractivity contribution in [1.82, 2.24) is 0 Å². The van der Waals surface area contributed by atoms with E-state index in [1.807, 2.05) is 56.3 Å². The van der Waals surface area contributed by atoms with Crippen LogP contribution in [0.3, 0.4) is 0 Å². The monoisotopic (exact) mass is 536 g/mol. The topological polar surface area (TPSA) is 61.8 Å². The number of ether oxygens (including phenoxy) is 3. The zero-order valence-electron chi connectivity index (χ0n) is 24.3. The van der Waals surface area contributed by atoms with Crippen LogP contribution < -0.4 is 4.74 Å². The molecule has 5 heteroatoms. The van der Waals surface area contributed by atoms with Crippen molar-refractivity contribution >= 4 is 11.9 Å². The van der Waals surface area contributed by atoms with E-state index in [0.717, 1.165) is 61.2 Å². The molecule has 0 aromatic heterocycles. The van der Waals surface area contributed by atoms with E-state index < -0.39 is 0 Å². The Balaban J connectivity index is 1.59. The molecule has 214 valence electrons. The molecule has 0 bridgehead atoms. The van der Waals surface area contributed by atoms with Crippen LogP contribution in [-0.4, -0.2) is 31.8 Å². The number of hydrogen-bond donors (Lipinski definition) is 0. The van der Waals surface area contributed by atoms with Gasteiger partial charge in [-0.15, -0.1) is 0 Å². The van der Waals surface area contributed by atoms with Crippen LogP contribution in [0, 0.1) is 0 Å². The zero-order valence-corrected chi connectivity index (χ0v) is 24.3. The number of rotatable bonds is 20. The first-order valence-corrected chi connectivity index (χ1v) is 14.8. The Hall–Kier alpha value is -3.08. The quantitative estimate of drug-likeness (QED) is 0.0959. The van der Waals surface area contributed by atoms with Crippen molar-refractivity contribution in [2.45, 2.75) is 97.8 Å². The Kier molecular flexibility index (Phi) is 16.4. The number of carbonyl (C=O) groups excluding carboxylic acids is 2. The number of unbranched alkanes of at least 4 members (excludes halogenated alkanes) is 9. The molecule has 5 nitrogen and oxygen atoms in total. The molecule has 0 atom stereocenters. The molecular formula is C34H48O5. The van der Waals surface area contributed by atoms with E-state index in [9.17, 15) is 9.59 Å². The maximum atomic E-state index is 12.4. The van der Waals surface area contributed by atoms with Crippen molar-refractivity contribution in [3.05, 3.63) is 65.7 Å². The second-order valence-electron chi connectivity index (χ2n) is 10.2. The third-order valence-electron chi connectivity index (χ3n) is 6.78. The minimum Gasteiger partial charge on any atom is -0.494 e. The summed E-state index contributed by atoms with van der Waals surface area (Å²) >= 11 is 0. The molecule has 0 saturated carbocycles. The van der Waals surface area contributed by atoms with E-state index in [2.05, 4.69) is 19.1 Å². The van der Waals surface area contributed by atoms with Crippen LogP contribution in [0.4, 0.5) is 0 Å². The minimum atomic E-state index is -0.302. The van der Waals surface area contributed by atoms with Crippen molar-refractivity contribution in [1.29, 1.82) is 0 Å². The molecule has 0 heterocycles. The summed E-state index contributed by atoms with van der Waals surface area (Å²) in [5.74, 6) is 0.417. The van der Waals surface area contributed by atoms with Crippen molar-refractivity contribution in [3.8, 4) is 16.9 Å². The fraction of sp³-hybridized carbons (Fsp3) is 0.529. The van der Waals surface area contributed by atoms with Crippen molar-refractivity contribution in [2.24, 2.45) is 0 Å². The lowest BCUT2D eigenvalue weighted by molar-refractivity contribution is -0.142. The third kappa shape index (κ3) is 14.0. The Bertz CT molecular complexity index is 976. The first-order chi connectivity index (χ1) is 19.0. The predicted molar refractivity (Wildman–Crippen MR) is 159 cm³/mol. The highest BCUT2D eigenvalue weighted by Crippen LogP contribution is 2.23. The third-order valence-corrected chi connectivity index (χ3v) is 6.78. The maximum Gasteiger partial charge on any atom is 0.338 e. The van der Waals surface area contributed by atoms with Gasteiger partial charge in [0.1, 0.15) is 5.75 Å². The Morgan fingerprint density at radius 3 is 1.77 bits per heavy atom. The summed E-state index contributed by atoms with van der Waals surface area (Å²) in [6.07, 6.45) is 14.7. The van der Waals surface area contributed by atoms with Crippen molar-refractivity contribution < 1.29 is 23.8 Å². The smallest absolute Gasteiger partial charge is 0.338 e. The molecule has 0 unspecified atom stereocenters. The van der Waals surface area contributed by atoms with Gasteiger partial charge in [-0.25, -0.2) is 4.79 Å². The first-order valence-electron chi connectivity index (χ1n) is 14.8. The number of hydrogen-bond acceptors (Lipinski definition) is 5. The standard InChI is InChI=1S/C34H48O5/c1-4-6-7-8-9-10-13-24-37-32-22-20-30(21-23-32)29-16-18-31(19-17-29)34(36)39-26-15-12-11-14-25-38-33(35)27-28(3)5-2/h5,16-23H,4,6-15,24-27H2,1-3H3. The van der Waals surface area contributed by atoms with Crippen molar-refractivity contribution in [3.63, 3.8) is 0 Å². The number of benzene rings is 2. The van der Waals surface area contributed by atoms with E-state index in [-0.39, 0.29) is 11.9 Å². The lowest BCUT2D eigenvalue weighted by Gasteiger charge is -2.09. The molecule has 2 aromatic carbocycles. The fourth-order valence-corrected chi connectivity index (χ4v) is 4.16. The van der Waals surface area contributed by atoms with Gasteiger partial charge in [0.25, 0.3) is 0 Å². The zero-order chi connectivity index (χ0) is 28.1. The predicted octanol–water partition coefficient (Wildman–Crippen LogP) is 9.10. The summed E-state index contributed by atoms with van der Waals surface area (Å²) in [5, 5.41) is 0. The van der Waals surface area contributed by atoms with Crippen LogP contribution in [-0.2, 0) is 14.3 Å². The Morgan fingerprint density at radius 2 is 1.18 bits per heavy atom. The highest BCUT2D eigenvalue weighted by atomic mass is 16.5. The van der Waals surface area contributed by atoms with Gasteiger partial charge in [-0.3, -0.25) is 4.79 Å². The average Bonchev–Trinajstić information content (AvgIpc) is 2.96. The molecule has 0 aliphatic heterocycles. The summed E-state index contributed by atoms with van der Waals surface area (Å²) in [7, 11) is 0. The molecule has 0 amide bonds. The number of carbonyl (C=O) groups is 2. The average molecular weight is 537 g/mol. The van der Waals surface area contributed by atoms with Gasteiger partial charge in [0.05, 0.1) is 31.8 Å². The molecule has 2 aromatic rings. The Labute approximate surface area is 235 Å². The van der Waals surface area contributed by atoms with E-state index >= 15 is 0 Å². The van der Waals surface area contributed by atoms with Gasteiger partial charge in [0, 0.05) is 0 Å².